The number of aromatic nitrogens is 2. The number of imidazole rings is 1. The van der Waals surface area contributed by atoms with Gasteiger partial charge in [-0.05, 0) is 30.0 Å². The first-order valence-electron chi connectivity index (χ1n) is 11.3. The van der Waals surface area contributed by atoms with Gasteiger partial charge in [0.05, 0.1) is 20.6 Å². The number of urea groups is 1. The van der Waals surface area contributed by atoms with Gasteiger partial charge in [-0.1, -0.05) is 48.5 Å². The summed E-state index contributed by atoms with van der Waals surface area (Å²) in [6.07, 6.45) is 2.18. The summed E-state index contributed by atoms with van der Waals surface area (Å²) in [5, 5.41) is 9.27. The molecule has 2 heterocycles. The number of hydrogen-bond donors (Lipinski definition) is 1. The molecule has 35 heavy (non-hydrogen) atoms. The van der Waals surface area contributed by atoms with Gasteiger partial charge in [-0.3, -0.25) is 9.36 Å². The largest absolute Gasteiger partial charge is 0.432 e. The second-order valence-corrected chi connectivity index (χ2v) is 8.73. The Bertz CT molecular complexity index is 1270. The second kappa shape index (κ2) is 9.81. The van der Waals surface area contributed by atoms with Gasteiger partial charge in [0.15, 0.2) is 17.3 Å². The summed E-state index contributed by atoms with van der Waals surface area (Å²) >= 11 is 0. The number of aliphatic hydroxyl groups is 1. The highest BCUT2D eigenvalue weighted by atomic mass is 19.1. The zero-order chi connectivity index (χ0) is 25.2. The minimum absolute atomic E-state index is 0.00450. The van der Waals surface area contributed by atoms with Crippen LogP contribution in [0.25, 0.3) is 0 Å². The van der Waals surface area contributed by atoms with Gasteiger partial charge in [0.2, 0.25) is 0 Å². The summed E-state index contributed by atoms with van der Waals surface area (Å²) in [6, 6.07) is 13.8. The van der Waals surface area contributed by atoms with Gasteiger partial charge < -0.3 is 9.84 Å². The van der Waals surface area contributed by atoms with Gasteiger partial charge in [-0.15, -0.1) is 11.6 Å². The summed E-state index contributed by atoms with van der Waals surface area (Å²) < 4.78 is 22.3. The summed E-state index contributed by atoms with van der Waals surface area (Å²) in [5.74, 6) is -0.897. The third-order valence-corrected chi connectivity index (χ3v) is 5.93. The Morgan fingerprint density at radius 3 is 2.57 bits per heavy atom. The van der Waals surface area contributed by atoms with Gasteiger partial charge >= 0.3 is 12.0 Å². The number of benzene rings is 2. The van der Waals surface area contributed by atoms with Crippen LogP contribution in [0.1, 0.15) is 28.0 Å². The number of nitrogens with zero attached hydrogens (tertiary/aromatic N) is 4. The number of hydrogen-bond acceptors (Lipinski definition) is 5. The van der Waals surface area contributed by atoms with Crippen LogP contribution in [-0.2, 0) is 13.0 Å². The van der Waals surface area contributed by atoms with Gasteiger partial charge in [-0.25, -0.2) is 14.1 Å². The molecule has 182 valence electrons. The highest BCUT2D eigenvalue weighted by Crippen LogP contribution is 2.37. The molecule has 1 aliphatic heterocycles. The lowest BCUT2D eigenvalue weighted by Gasteiger charge is -2.34. The fourth-order valence-corrected chi connectivity index (χ4v) is 4.09. The van der Waals surface area contributed by atoms with Crippen molar-refractivity contribution in [2.24, 2.45) is 0 Å². The summed E-state index contributed by atoms with van der Waals surface area (Å²) in [7, 11) is 3.27. The first kappa shape index (κ1) is 24.3. The average Bonchev–Trinajstić information content (AvgIpc) is 3.20. The van der Waals surface area contributed by atoms with Crippen molar-refractivity contribution < 1.29 is 23.8 Å². The molecule has 4 rings (SSSR count). The molecule has 0 bridgehead atoms. The highest BCUT2D eigenvalue weighted by Gasteiger charge is 2.51. The molecule has 0 radical (unpaired) electrons. The number of aliphatic hydroxyl groups excluding tert-OH is 1. The number of carbonyl (C=O) groups is 2. The molecule has 0 unspecified atom stereocenters. The van der Waals surface area contributed by atoms with Crippen LogP contribution in [-0.4, -0.2) is 58.7 Å². The van der Waals surface area contributed by atoms with Crippen LogP contribution in [0.5, 0.6) is 11.8 Å². The van der Waals surface area contributed by atoms with E-state index in [0.717, 1.165) is 10.5 Å². The number of ether oxygens (including phenoxy) is 1. The Kier molecular flexibility index (Phi) is 6.81. The lowest BCUT2D eigenvalue weighted by molar-refractivity contribution is 0.0729. The van der Waals surface area contributed by atoms with Gasteiger partial charge in [-0.2, -0.15) is 4.48 Å². The third kappa shape index (κ3) is 4.48. The maximum atomic E-state index is 15.1. The van der Waals surface area contributed by atoms with Gasteiger partial charge in [0.25, 0.3) is 11.7 Å². The van der Waals surface area contributed by atoms with Crippen LogP contribution in [0.15, 0.2) is 61.2 Å². The van der Waals surface area contributed by atoms with Crippen molar-refractivity contribution in [3.05, 3.63) is 83.8 Å². The van der Waals surface area contributed by atoms with Crippen LogP contribution >= 0.6 is 0 Å². The van der Waals surface area contributed by atoms with Crippen LogP contribution in [0.4, 0.5) is 15.0 Å². The Balaban J connectivity index is 1.86. The predicted molar refractivity (Wildman–Crippen MR) is 130 cm³/mol. The fraction of sp³-hybridized carbons (Fsp3) is 0.269. The predicted octanol–water partition coefficient (Wildman–Crippen LogP) is 4.12. The molecule has 0 spiro atoms. The van der Waals surface area contributed by atoms with Crippen LogP contribution in [0.3, 0.4) is 0 Å². The second-order valence-electron chi connectivity index (χ2n) is 8.73. The number of carbonyl (C=O) groups excluding carboxylic acids is 2. The quantitative estimate of drug-likeness (QED) is 0.369. The van der Waals surface area contributed by atoms with E-state index in [-0.39, 0.29) is 53.9 Å². The number of imide groups is 1. The van der Waals surface area contributed by atoms with Crippen LogP contribution < -0.4 is 9.22 Å². The first-order valence-corrected chi connectivity index (χ1v) is 11.3. The highest BCUT2D eigenvalue weighted by molar-refractivity contribution is 6.13. The first-order chi connectivity index (χ1) is 16.8. The van der Waals surface area contributed by atoms with E-state index >= 15 is 4.39 Å². The molecule has 8 nitrogen and oxygen atoms in total. The van der Waals surface area contributed by atoms with Gasteiger partial charge in [0.1, 0.15) is 0 Å². The SMILES string of the molecule is C=CCc1cccc(Oc2nc3c(n2Cc2ccccc2)C(=O)N(CCCO)C(=O)[N+]3(C)C)c1F. The molecule has 3 amide bonds. The molecule has 1 N–H and O–H groups in total. The van der Waals surface area contributed by atoms with E-state index in [4.69, 9.17) is 4.74 Å². The van der Waals surface area contributed by atoms with Crippen molar-refractivity contribution in [3.63, 3.8) is 0 Å². The zero-order valence-electron chi connectivity index (χ0n) is 19.8. The monoisotopic (exact) mass is 479 g/mol. The Morgan fingerprint density at radius 2 is 1.89 bits per heavy atom. The maximum absolute atomic E-state index is 15.1. The number of rotatable bonds is 9. The van der Waals surface area contributed by atoms with E-state index < -0.39 is 17.8 Å². The molecule has 2 aromatic carbocycles. The van der Waals surface area contributed by atoms with E-state index in [1.807, 2.05) is 30.3 Å². The van der Waals surface area contributed by atoms with Crippen LogP contribution in [0.2, 0.25) is 0 Å². The molecule has 0 atom stereocenters. The molecule has 9 heteroatoms. The fourth-order valence-electron chi connectivity index (χ4n) is 4.09. The normalized spacial score (nSPS) is 14.7. The van der Waals surface area contributed by atoms with E-state index in [2.05, 4.69) is 11.6 Å². The maximum Gasteiger partial charge on any atom is 0.432 e. The minimum Gasteiger partial charge on any atom is -0.422 e. The van der Waals surface area contributed by atoms with Crippen molar-refractivity contribution in [2.75, 3.05) is 27.2 Å². The Hall–Kier alpha value is -3.82. The van der Waals surface area contributed by atoms with E-state index in [1.165, 1.54) is 6.07 Å². The minimum atomic E-state index is -0.541. The molecule has 1 aliphatic rings. The van der Waals surface area contributed by atoms with E-state index in [0.29, 0.717) is 12.0 Å². The van der Waals surface area contributed by atoms with Crippen molar-refractivity contribution in [2.45, 2.75) is 19.4 Å². The zero-order valence-corrected chi connectivity index (χ0v) is 19.8. The van der Waals surface area contributed by atoms with Crippen molar-refractivity contribution >= 4 is 17.8 Å². The van der Waals surface area contributed by atoms with Gasteiger partial charge in [0, 0.05) is 13.2 Å². The smallest absolute Gasteiger partial charge is 0.422 e. The number of quaternary nitrogens is 1. The average molecular weight is 480 g/mol. The number of fused-ring (bicyclic) bond motifs is 1. The van der Waals surface area contributed by atoms with Crippen LogP contribution in [0, 0.1) is 5.82 Å². The summed E-state index contributed by atoms with van der Waals surface area (Å²) in [5.41, 5.74) is 1.48. The number of amides is 3. The summed E-state index contributed by atoms with van der Waals surface area (Å²) in [6.45, 7) is 3.79. The number of halogens is 1. The third-order valence-electron chi connectivity index (χ3n) is 5.93. The molecule has 0 saturated carbocycles. The molecular formula is C26H28FN4O4+. The number of allylic oxidation sites excluding steroid dienone is 1. The van der Waals surface area contributed by atoms with E-state index in [9.17, 15) is 14.7 Å². The van der Waals surface area contributed by atoms with Crippen molar-refractivity contribution in [3.8, 4) is 11.8 Å². The summed E-state index contributed by atoms with van der Waals surface area (Å²) in [4.78, 5) is 32.3. The van der Waals surface area contributed by atoms with E-state index in [1.54, 1.807) is 36.9 Å². The lowest BCUT2D eigenvalue weighted by atomic mass is 10.1. The topological polar surface area (TPSA) is 84.7 Å². The van der Waals surface area contributed by atoms with Crippen molar-refractivity contribution in [1.82, 2.24) is 18.9 Å². The Labute approximate surface area is 203 Å². The van der Waals surface area contributed by atoms with Crippen molar-refractivity contribution in [1.29, 1.82) is 0 Å². The molecular weight excluding hydrogens is 451 g/mol. The molecule has 0 fully saturated rings. The Morgan fingerprint density at radius 1 is 1.14 bits per heavy atom. The molecule has 0 aliphatic carbocycles. The lowest BCUT2D eigenvalue weighted by Crippen LogP contribution is -2.60. The molecule has 1 aromatic heterocycles. The molecule has 3 aromatic rings. The standard InChI is InChI=1S/C26H28FN4O4/c1-4-10-19-13-8-14-20(21(19)27)35-25-28-23-22(30(25)17-18-11-6-5-7-12-18)24(33)29(15-9-16-32)26(34)31(23,2)3/h4-8,11-14,32H,1,9-10,15-17H2,2-3H3/q+1. The molecule has 0 saturated heterocycles.